The molecule has 0 saturated carbocycles. The number of hydrogen-bond acceptors (Lipinski definition) is 4. The lowest BCUT2D eigenvalue weighted by molar-refractivity contribution is 0.413. The summed E-state index contributed by atoms with van der Waals surface area (Å²) in [7, 11) is -2.02. The van der Waals surface area contributed by atoms with Gasteiger partial charge >= 0.3 is 0 Å². The van der Waals surface area contributed by atoms with Gasteiger partial charge in [-0.2, -0.15) is 0 Å². The Morgan fingerprint density at radius 2 is 2.18 bits per heavy atom. The molecule has 0 spiro atoms. The quantitative estimate of drug-likeness (QED) is 0.787. The molecule has 1 aromatic rings. The number of methoxy groups -OCH3 is 1. The third-order valence-corrected chi connectivity index (χ3v) is 3.83. The van der Waals surface area contributed by atoms with Crippen LogP contribution < -0.4 is 15.2 Å². The van der Waals surface area contributed by atoms with E-state index in [4.69, 9.17) is 10.5 Å². The highest BCUT2D eigenvalue weighted by atomic mass is 32.2. The maximum atomic E-state index is 11.9. The van der Waals surface area contributed by atoms with E-state index in [1.807, 2.05) is 6.92 Å². The van der Waals surface area contributed by atoms with E-state index >= 15 is 0 Å². The fraction of sp³-hybridized carbons (Fsp3) is 0.455. The van der Waals surface area contributed by atoms with Crippen LogP contribution in [0.15, 0.2) is 29.2 Å². The minimum Gasteiger partial charge on any atom is -0.497 e. The summed E-state index contributed by atoms with van der Waals surface area (Å²) in [5.74, 6) is 0.507. The molecular formula is C11H18N2O3S. The fourth-order valence-electron chi connectivity index (χ4n) is 1.21. The molecule has 1 unspecified atom stereocenters. The van der Waals surface area contributed by atoms with E-state index in [1.165, 1.54) is 19.2 Å². The van der Waals surface area contributed by atoms with Crippen LogP contribution in [0.3, 0.4) is 0 Å². The van der Waals surface area contributed by atoms with Gasteiger partial charge in [0.25, 0.3) is 0 Å². The zero-order chi connectivity index (χ0) is 12.9. The second-order valence-corrected chi connectivity index (χ2v) is 5.47. The van der Waals surface area contributed by atoms with Crippen LogP contribution in [-0.2, 0) is 10.0 Å². The Morgan fingerprint density at radius 1 is 1.47 bits per heavy atom. The van der Waals surface area contributed by atoms with Gasteiger partial charge < -0.3 is 10.5 Å². The molecule has 0 aliphatic carbocycles. The van der Waals surface area contributed by atoms with Crippen LogP contribution in [0.4, 0.5) is 0 Å². The van der Waals surface area contributed by atoms with Crippen molar-refractivity contribution in [3.8, 4) is 5.75 Å². The molecule has 0 aliphatic rings. The first-order valence-electron chi connectivity index (χ1n) is 5.39. The lowest BCUT2D eigenvalue weighted by Gasteiger charge is -2.11. The zero-order valence-electron chi connectivity index (χ0n) is 10.0. The Hall–Kier alpha value is -1.11. The SMILES string of the molecule is CCC(N)CNS(=O)(=O)c1cccc(OC)c1. The van der Waals surface area contributed by atoms with Gasteiger partial charge in [-0.05, 0) is 18.6 Å². The van der Waals surface area contributed by atoms with Crippen LogP contribution >= 0.6 is 0 Å². The summed E-state index contributed by atoms with van der Waals surface area (Å²) >= 11 is 0. The number of rotatable bonds is 6. The molecule has 0 saturated heterocycles. The van der Waals surface area contributed by atoms with Crippen LogP contribution in [0.1, 0.15) is 13.3 Å². The van der Waals surface area contributed by atoms with E-state index in [1.54, 1.807) is 12.1 Å². The number of nitrogens with two attached hydrogens (primary N) is 1. The van der Waals surface area contributed by atoms with Gasteiger partial charge in [-0.1, -0.05) is 13.0 Å². The maximum Gasteiger partial charge on any atom is 0.240 e. The Kier molecular flexibility index (Phi) is 4.92. The van der Waals surface area contributed by atoms with Crippen molar-refractivity contribution in [1.29, 1.82) is 0 Å². The summed E-state index contributed by atoms with van der Waals surface area (Å²) in [5, 5.41) is 0. The standard InChI is InChI=1S/C11H18N2O3S/c1-3-9(12)8-13-17(14,15)11-6-4-5-10(7-11)16-2/h4-7,9,13H,3,8,12H2,1-2H3. The molecule has 1 aromatic carbocycles. The van der Waals surface area contributed by atoms with Crippen LogP contribution in [0.5, 0.6) is 5.75 Å². The van der Waals surface area contributed by atoms with Crippen LogP contribution in [0.2, 0.25) is 0 Å². The monoisotopic (exact) mass is 258 g/mol. The van der Waals surface area contributed by atoms with Gasteiger partial charge in [0.2, 0.25) is 10.0 Å². The summed E-state index contributed by atoms with van der Waals surface area (Å²) in [6.07, 6.45) is 0.723. The molecule has 5 nitrogen and oxygen atoms in total. The number of benzene rings is 1. The van der Waals surface area contributed by atoms with E-state index in [0.717, 1.165) is 6.42 Å². The zero-order valence-corrected chi connectivity index (χ0v) is 10.8. The van der Waals surface area contributed by atoms with Gasteiger partial charge in [0.1, 0.15) is 5.75 Å². The highest BCUT2D eigenvalue weighted by Gasteiger charge is 2.15. The Balaban J connectivity index is 2.82. The van der Waals surface area contributed by atoms with Gasteiger partial charge in [-0.25, -0.2) is 13.1 Å². The smallest absolute Gasteiger partial charge is 0.240 e. The Morgan fingerprint density at radius 3 is 2.76 bits per heavy atom. The minimum atomic E-state index is -3.51. The van der Waals surface area contributed by atoms with Crippen molar-refractivity contribution in [1.82, 2.24) is 4.72 Å². The predicted molar refractivity (Wildman–Crippen MR) is 66.4 cm³/mol. The summed E-state index contributed by atoms with van der Waals surface area (Å²) in [6.45, 7) is 2.14. The van der Waals surface area contributed by atoms with E-state index in [9.17, 15) is 8.42 Å². The molecule has 1 rings (SSSR count). The number of nitrogens with one attached hydrogen (secondary N) is 1. The van der Waals surface area contributed by atoms with Gasteiger partial charge in [-0.15, -0.1) is 0 Å². The second kappa shape index (κ2) is 6.00. The minimum absolute atomic E-state index is 0.171. The molecule has 96 valence electrons. The normalized spacial score (nSPS) is 13.4. The Labute approximate surface area is 102 Å². The summed E-state index contributed by atoms with van der Waals surface area (Å²) in [4.78, 5) is 0.181. The average molecular weight is 258 g/mol. The second-order valence-electron chi connectivity index (χ2n) is 3.70. The fourth-order valence-corrected chi connectivity index (χ4v) is 2.34. The molecule has 6 heteroatoms. The van der Waals surface area contributed by atoms with Crippen molar-refractivity contribution < 1.29 is 13.2 Å². The van der Waals surface area contributed by atoms with Crippen molar-refractivity contribution in [3.05, 3.63) is 24.3 Å². The van der Waals surface area contributed by atoms with Crippen molar-refractivity contribution in [3.63, 3.8) is 0 Å². The summed E-state index contributed by atoms with van der Waals surface area (Å²) < 4.78 is 31.2. The molecule has 0 aliphatic heterocycles. The molecular weight excluding hydrogens is 240 g/mol. The predicted octanol–water partition coefficient (Wildman–Crippen LogP) is 0.711. The molecule has 17 heavy (non-hydrogen) atoms. The van der Waals surface area contributed by atoms with Crippen LogP contribution in [-0.4, -0.2) is 28.1 Å². The molecule has 1 atom stereocenters. The third kappa shape index (κ3) is 3.99. The summed E-state index contributed by atoms with van der Waals surface area (Å²) in [5.41, 5.74) is 5.66. The van der Waals surface area contributed by atoms with E-state index in [0.29, 0.717) is 5.75 Å². The van der Waals surface area contributed by atoms with Crippen molar-refractivity contribution in [2.75, 3.05) is 13.7 Å². The van der Waals surface area contributed by atoms with Gasteiger partial charge in [0, 0.05) is 18.7 Å². The topological polar surface area (TPSA) is 81.4 Å². The number of hydrogen-bond donors (Lipinski definition) is 2. The van der Waals surface area contributed by atoms with Gasteiger partial charge in [0.15, 0.2) is 0 Å². The Bertz CT molecular complexity index is 460. The largest absolute Gasteiger partial charge is 0.497 e. The molecule has 0 amide bonds. The lowest BCUT2D eigenvalue weighted by Crippen LogP contribution is -2.36. The average Bonchev–Trinajstić information content (AvgIpc) is 2.36. The molecule has 0 radical (unpaired) electrons. The molecule has 0 aromatic heterocycles. The van der Waals surface area contributed by atoms with Crippen molar-refractivity contribution >= 4 is 10.0 Å². The number of ether oxygens (including phenoxy) is 1. The van der Waals surface area contributed by atoms with Gasteiger partial charge in [0.05, 0.1) is 12.0 Å². The number of sulfonamides is 1. The van der Waals surface area contributed by atoms with Crippen LogP contribution in [0, 0.1) is 0 Å². The molecule has 0 heterocycles. The van der Waals surface area contributed by atoms with Gasteiger partial charge in [-0.3, -0.25) is 0 Å². The van der Waals surface area contributed by atoms with E-state index in [2.05, 4.69) is 4.72 Å². The molecule has 0 bridgehead atoms. The first-order chi connectivity index (χ1) is 7.99. The lowest BCUT2D eigenvalue weighted by atomic mass is 10.2. The molecule has 3 N–H and O–H groups in total. The summed E-state index contributed by atoms with van der Waals surface area (Å²) in [6, 6.07) is 6.14. The van der Waals surface area contributed by atoms with Crippen LogP contribution in [0.25, 0.3) is 0 Å². The first kappa shape index (κ1) is 14.0. The maximum absolute atomic E-state index is 11.9. The van der Waals surface area contributed by atoms with E-state index in [-0.39, 0.29) is 17.5 Å². The van der Waals surface area contributed by atoms with E-state index < -0.39 is 10.0 Å². The third-order valence-electron chi connectivity index (χ3n) is 2.41. The highest BCUT2D eigenvalue weighted by Crippen LogP contribution is 2.16. The highest BCUT2D eigenvalue weighted by molar-refractivity contribution is 7.89. The first-order valence-corrected chi connectivity index (χ1v) is 6.87. The molecule has 0 fully saturated rings. The van der Waals surface area contributed by atoms with Crippen molar-refractivity contribution in [2.45, 2.75) is 24.3 Å². The van der Waals surface area contributed by atoms with Crippen molar-refractivity contribution in [2.24, 2.45) is 5.73 Å².